The van der Waals surface area contributed by atoms with Crippen molar-refractivity contribution in [1.82, 2.24) is 5.32 Å². The first-order valence-corrected chi connectivity index (χ1v) is 11.7. The molecule has 0 bridgehead atoms. The van der Waals surface area contributed by atoms with Crippen molar-refractivity contribution in [2.75, 3.05) is 16.8 Å². The number of nitrogens with one attached hydrogen (secondary N) is 2. The molecule has 1 aliphatic carbocycles. The topological polar surface area (TPSA) is 87.7 Å². The third kappa shape index (κ3) is 5.53. The van der Waals surface area contributed by atoms with Gasteiger partial charge in [-0.3, -0.25) is 14.4 Å². The molecule has 0 aromatic heterocycles. The summed E-state index contributed by atoms with van der Waals surface area (Å²) in [6, 6.07) is 14.5. The molecule has 2 N–H and O–H groups in total. The van der Waals surface area contributed by atoms with Gasteiger partial charge in [0.1, 0.15) is 5.75 Å². The third-order valence-corrected chi connectivity index (χ3v) is 6.14. The molecule has 7 nitrogen and oxygen atoms in total. The van der Waals surface area contributed by atoms with Gasteiger partial charge in [0.15, 0.2) is 0 Å². The number of carbonyl (C=O) groups excluding carboxylic acids is 3. The summed E-state index contributed by atoms with van der Waals surface area (Å²) in [4.78, 5) is 40.0. The van der Waals surface area contributed by atoms with Crippen LogP contribution >= 0.6 is 0 Å². The van der Waals surface area contributed by atoms with Crippen LogP contribution in [-0.4, -0.2) is 36.4 Å². The van der Waals surface area contributed by atoms with Crippen LogP contribution in [0.2, 0.25) is 0 Å². The Labute approximate surface area is 194 Å². The molecule has 3 amide bonds. The summed E-state index contributed by atoms with van der Waals surface area (Å²) in [6.45, 7) is 4.21. The van der Waals surface area contributed by atoms with Crippen LogP contribution in [0, 0.1) is 5.92 Å². The summed E-state index contributed by atoms with van der Waals surface area (Å²) in [6.07, 6.45) is 4.44. The van der Waals surface area contributed by atoms with Crippen LogP contribution < -0.4 is 20.3 Å². The maximum absolute atomic E-state index is 13.0. The van der Waals surface area contributed by atoms with Gasteiger partial charge in [-0.05, 0) is 63.1 Å². The van der Waals surface area contributed by atoms with E-state index in [-0.39, 0.29) is 36.3 Å². The summed E-state index contributed by atoms with van der Waals surface area (Å²) in [5, 5.41) is 5.95. The van der Waals surface area contributed by atoms with E-state index in [1.54, 1.807) is 29.2 Å². The zero-order valence-electron chi connectivity index (χ0n) is 19.2. The van der Waals surface area contributed by atoms with E-state index < -0.39 is 5.92 Å². The van der Waals surface area contributed by atoms with Crippen LogP contribution in [0.5, 0.6) is 5.75 Å². The van der Waals surface area contributed by atoms with Gasteiger partial charge in [0.2, 0.25) is 11.8 Å². The molecule has 0 radical (unpaired) electrons. The lowest BCUT2D eigenvalue weighted by Gasteiger charge is -2.18. The van der Waals surface area contributed by atoms with Gasteiger partial charge in [0.25, 0.3) is 5.91 Å². The first-order valence-electron chi connectivity index (χ1n) is 11.7. The van der Waals surface area contributed by atoms with Crippen molar-refractivity contribution >= 4 is 29.1 Å². The van der Waals surface area contributed by atoms with Crippen molar-refractivity contribution in [3.63, 3.8) is 0 Å². The molecular formula is C26H31N3O4. The number of nitrogens with zero attached hydrogens (tertiary/aromatic N) is 1. The number of hydrogen-bond donors (Lipinski definition) is 2. The molecule has 1 heterocycles. The number of rotatable bonds is 7. The van der Waals surface area contributed by atoms with Crippen molar-refractivity contribution in [3.05, 3.63) is 54.1 Å². The Hall–Kier alpha value is -3.35. The number of hydrogen-bond acceptors (Lipinski definition) is 4. The second kappa shape index (κ2) is 10.1. The number of ether oxygens (including phenoxy) is 1. The second-order valence-corrected chi connectivity index (χ2v) is 9.06. The highest BCUT2D eigenvalue weighted by Crippen LogP contribution is 2.28. The molecule has 0 spiro atoms. The fourth-order valence-corrected chi connectivity index (χ4v) is 4.47. The summed E-state index contributed by atoms with van der Waals surface area (Å²) in [5.74, 6) is -0.283. The smallest absolute Gasteiger partial charge is 0.253 e. The lowest BCUT2D eigenvalue weighted by Crippen LogP contribution is -2.34. The average Bonchev–Trinajstić information content (AvgIpc) is 3.44. The molecule has 2 aromatic rings. The van der Waals surface area contributed by atoms with E-state index in [2.05, 4.69) is 10.6 Å². The highest BCUT2D eigenvalue weighted by Gasteiger charge is 2.35. The van der Waals surface area contributed by atoms with E-state index in [0.29, 0.717) is 17.8 Å². The van der Waals surface area contributed by atoms with Crippen molar-refractivity contribution in [3.8, 4) is 5.75 Å². The van der Waals surface area contributed by atoms with E-state index in [9.17, 15) is 14.4 Å². The average molecular weight is 450 g/mol. The highest BCUT2D eigenvalue weighted by atomic mass is 16.5. The van der Waals surface area contributed by atoms with Gasteiger partial charge in [-0.25, -0.2) is 0 Å². The highest BCUT2D eigenvalue weighted by molar-refractivity contribution is 6.07. The van der Waals surface area contributed by atoms with Crippen LogP contribution in [0.25, 0.3) is 0 Å². The van der Waals surface area contributed by atoms with Gasteiger partial charge in [-0.2, -0.15) is 0 Å². The van der Waals surface area contributed by atoms with Crippen molar-refractivity contribution < 1.29 is 19.1 Å². The molecule has 2 fully saturated rings. The molecule has 1 saturated carbocycles. The predicted octanol–water partition coefficient (Wildman–Crippen LogP) is 4.14. The van der Waals surface area contributed by atoms with E-state index in [1.165, 1.54) is 0 Å². The second-order valence-electron chi connectivity index (χ2n) is 9.06. The van der Waals surface area contributed by atoms with Gasteiger partial charge in [0, 0.05) is 24.7 Å². The molecule has 1 unspecified atom stereocenters. The number of amides is 3. The number of carbonyl (C=O) groups is 3. The Balaban J connectivity index is 1.40. The normalized spacial score (nSPS) is 18.6. The van der Waals surface area contributed by atoms with Gasteiger partial charge >= 0.3 is 0 Å². The van der Waals surface area contributed by atoms with Crippen LogP contribution in [0.4, 0.5) is 11.4 Å². The molecular weight excluding hydrogens is 418 g/mol. The molecule has 4 rings (SSSR count). The van der Waals surface area contributed by atoms with E-state index in [4.69, 9.17) is 4.74 Å². The molecule has 33 heavy (non-hydrogen) atoms. The fraction of sp³-hybridized carbons (Fsp3) is 0.423. The SMILES string of the molecule is CC(C)Oc1ccc(N2CC(C(=O)Nc3ccccc3C(=O)NC3CCCC3)CC2=O)cc1. The zero-order chi connectivity index (χ0) is 23.4. The number of benzene rings is 2. The Morgan fingerprint density at radius 2 is 1.73 bits per heavy atom. The monoisotopic (exact) mass is 449 g/mol. The third-order valence-electron chi connectivity index (χ3n) is 6.14. The summed E-state index contributed by atoms with van der Waals surface area (Å²) >= 11 is 0. The lowest BCUT2D eigenvalue weighted by molar-refractivity contribution is -0.122. The van der Waals surface area contributed by atoms with Gasteiger partial charge < -0.3 is 20.3 Å². The van der Waals surface area contributed by atoms with E-state index >= 15 is 0 Å². The van der Waals surface area contributed by atoms with Gasteiger partial charge in [-0.1, -0.05) is 25.0 Å². The maximum atomic E-state index is 13.0. The molecule has 1 aliphatic heterocycles. The van der Waals surface area contributed by atoms with Crippen molar-refractivity contribution in [1.29, 1.82) is 0 Å². The minimum atomic E-state index is -0.491. The number of anilines is 2. The zero-order valence-corrected chi connectivity index (χ0v) is 19.2. The lowest BCUT2D eigenvalue weighted by atomic mass is 10.1. The summed E-state index contributed by atoms with van der Waals surface area (Å²) in [5.41, 5.74) is 1.65. The largest absolute Gasteiger partial charge is 0.491 e. The molecule has 2 aliphatic rings. The summed E-state index contributed by atoms with van der Waals surface area (Å²) < 4.78 is 5.66. The van der Waals surface area contributed by atoms with E-state index in [1.807, 2.05) is 38.1 Å². The van der Waals surface area contributed by atoms with Crippen molar-refractivity contribution in [2.45, 2.75) is 58.1 Å². The predicted molar refractivity (Wildman–Crippen MR) is 127 cm³/mol. The minimum Gasteiger partial charge on any atom is -0.491 e. The molecule has 2 aromatic carbocycles. The van der Waals surface area contributed by atoms with Gasteiger partial charge in [0.05, 0.1) is 23.3 Å². The Morgan fingerprint density at radius 3 is 2.42 bits per heavy atom. The molecule has 174 valence electrons. The first kappa shape index (κ1) is 22.8. The van der Waals surface area contributed by atoms with Crippen LogP contribution in [0.15, 0.2) is 48.5 Å². The summed E-state index contributed by atoms with van der Waals surface area (Å²) in [7, 11) is 0. The standard InChI is InChI=1S/C26H31N3O4/c1-17(2)33-21-13-11-20(12-14-21)29-16-18(15-24(29)30)25(31)28-23-10-6-5-9-22(23)26(32)27-19-7-3-4-8-19/h5-6,9-14,17-19H,3-4,7-8,15-16H2,1-2H3,(H,27,32)(H,28,31). The Morgan fingerprint density at radius 1 is 1.03 bits per heavy atom. The molecule has 1 saturated heterocycles. The van der Waals surface area contributed by atoms with Crippen molar-refractivity contribution in [2.24, 2.45) is 5.92 Å². The maximum Gasteiger partial charge on any atom is 0.253 e. The molecule has 7 heteroatoms. The van der Waals surface area contributed by atoms with Crippen LogP contribution in [0.3, 0.4) is 0 Å². The quantitative estimate of drug-likeness (QED) is 0.665. The van der Waals surface area contributed by atoms with Crippen LogP contribution in [-0.2, 0) is 9.59 Å². The number of para-hydroxylation sites is 1. The first-order chi connectivity index (χ1) is 15.9. The van der Waals surface area contributed by atoms with Gasteiger partial charge in [-0.15, -0.1) is 0 Å². The molecule has 1 atom stereocenters. The van der Waals surface area contributed by atoms with Crippen LogP contribution in [0.1, 0.15) is 56.3 Å². The Bertz CT molecular complexity index is 1010. The minimum absolute atomic E-state index is 0.0699. The fourth-order valence-electron chi connectivity index (χ4n) is 4.47. The van der Waals surface area contributed by atoms with E-state index in [0.717, 1.165) is 37.1 Å². The Kier molecular flexibility index (Phi) is 6.96.